The van der Waals surface area contributed by atoms with E-state index in [1.54, 1.807) is 0 Å². The van der Waals surface area contributed by atoms with Gasteiger partial charge in [-0.15, -0.1) is 0 Å². The Bertz CT molecular complexity index is 117. The first-order chi connectivity index (χ1) is 4.72. The second-order valence-corrected chi connectivity index (χ2v) is 2.96. The van der Waals surface area contributed by atoms with Crippen LogP contribution in [-0.2, 0) is 9.53 Å². The standard InChI is InChI=1S/C8H14O2/c1-6-4-3-5-10-7(2)8(6)9/h6-7H,3-5H2,1-2H3. The van der Waals surface area contributed by atoms with Gasteiger partial charge in [0.05, 0.1) is 0 Å². The zero-order valence-electron chi connectivity index (χ0n) is 6.59. The van der Waals surface area contributed by atoms with Crippen molar-refractivity contribution in [3.05, 3.63) is 0 Å². The van der Waals surface area contributed by atoms with Crippen LogP contribution in [0.4, 0.5) is 0 Å². The van der Waals surface area contributed by atoms with E-state index in [0.29, 0.717) is 0 Å². The van der Waals surface area contributed by atoms with Crippen molar-refractivity contribution in [2.75, 3.05) is 6.61 Å². The van der Waals surface area contributed by atoms with Gasteiger partial charge in [0.15, 0.2) is 5.78 Å². The third-order valence-corrected chi connectivity index (χ3v) is 2.04. The molecule has 2 atom stereocenters. The molecule has 0 radical (unpaired) electrons. The molecule has 0 amide bonds. The highest BCUT2D eigenvalue weighted by atomic mass is 16.5. The third-order valence-electron chi connectivity index (χ3n) is 2.04. The lowest BCUT2D eigenvalue weighted by molar-refractivity contribution is -0.131. The normalized spacial score (nSPS) is 35.6. The lowest BCUT2D eigenvalue weighted by Gasteiger charge is -2.09. The van der Waals surface area contributed by atoms with Crippen molar-refractivity contribution in [1.82, 2.24) is 0 Å². The summed E-state index contributed by atoms with van der Waals surface area (Å²) >= 11 is 0. The molecule has 0 aromatic carbocycles. The highest BCUT2D eigenvalue weighted by molar-refractivity contribution is 5.84. The van der Waals surface area contributed by atoms with Gasteiger partial charge in [-0.05, 0) is 19.8 Å². The number of rotatable bonds is 0. The van der Waals surface area contributed by atoms with Crippen LogP contribution in [0.15, 0.2) is 0 Å². The lowest BCUT2D eigenvalue weighted by Crippen LogP contribution is -2.23. The van der Waals surface area contributed by atoms with Crippen molar-refractivity contribution in [2.24, 2.45) is 5.92 Å². The van der Waals surface area contributed by atoms with E-state index in [9.17, 15) is 4.79 Å². The Balaban J connectivity index is 2.55. The number of ether oxygens (including phenoxy) is 1. The molecular weight excluding hydrogens is 128 g/mol. The van der Waals surface area contributed by atoms with Gasteiger partial charge in [0.2, 0.25) is 0 Å². The molecule has 2 nitrogen and oxygen atoms in total. The zero-order chi connectivity index (χ0) is 7.56. The Morgan fingerprint density at radius 2 is 2.20 bits per heavy atom. The molecule has 1 heterocycles. The van der Waals surface area contributed by atoms with Crippen LogP contribution in [0, 0.1) is 5.92 Å². The number of ketones is 1. The molecule has 0 aromatic rings. The summed E-state index contributed by atoms with van der Waals surface area (Å²) in [4.78, 5) is 11.2. The molecule has 2 unspecified atom stereocenters. The minimum absolute atomic E-state index is 0.169. The van der Waals surface area contributed by atoms with E-state index in [1.807, 2.05) is 13.8 Å². The molecule has 0 bridgehead atoms. The molecule has 0 aromatic heterocycles. The molecule has 1 saturated heterocycles. The summed E-state index contributed by atoms with van der Waals surface area (Å²) in [6, 6.07) is 0. The quantitative estimate of drug-likeness (QED) is 0.511. The third kappa shape index (κ3) is 1.57. The maximum absolute atomic E-state index is 11.2. The van der Waals surface area contributed by atoms with E-state index in [2.05, 4.69) is 0 Å². The SMILES string of the molecule is CC1CCCOC(C)C1=O. The number of carbonyl (C=O) groups is 1. The van der Waals surface area contributed by atoms with Gasteiger partial charge in [-0.3, -0.25) is 4.79 Å². The van der Waals surface area contributed by atoms with Gasteiger partial charge in [-0.1, -0.05) is 6.92 Å². The molecule has 2 heteroatoms. The maximum atomic E-state index is 11.2. The predicted octanol–water partition coefficient (Wildman–Crippen LogP) is 1.39. The molecule has 0 aliphatic carbocycles. The Kier molecular flexibility index (Phi) is 2.44. The average molecular weight is 142 g/mol. The Hall–Kier alpha value is -0.370. The fourth-order valence-electron chi connectivity index (χ4n) is 1.27. The molecule has 1 aliphatic rings. The highest BCUT2D eigenvalue weighted by Gasteiger charge is 2.22. The first-order valence-electron chi connectivity index (χ1n) is 3.87. The molecule has 1 fully saturated rings. The fourth-order valence-corrected chi connectivity index (χ4v) is 1.27. The van der Waals surface area contributed by atoms with Crippen LogP contribution in [-0.4, -0.2) is 18.5 Å². The summed E-state index contributed by atoms with van der Waals surface area (Å²) in [7, 11) is 0. The summed E-state index contributed by atoms with van der Waals surface area (Å²) in [6.45, 7) is 4.56. The molecule has 0 N–H and O–H groups in total. The lowest BCUT2D eigenvalue weighted by atomic mass is 9.99. The Morgan fingerprint density at radius 3 is 2.90 bits per heavy atom. The first-order valence-corrected chi connectivity index (χ1v) is 3.87. The maximum Gasteiger partial charge on any atom is 0.164 e. The van der Waals surface area contributed by atoms with Gasteiger partial charge in [0.1, 0.15) is 6.10 Å². The van der Waals surface area contributed by atoms with E-state index in [-0.39, 0.29) is 17.8 Å². The summed E-state index contributed by atoms with van der Waals surface area (Å²) in [5, 5.41) is 0. The van der Waals surface area contributed by atoms with Crippen LogP contribution in [0.5, 0.6) is 0 Å². The molecule has 0 saturated carbocycles. The monoisotopic (exact) mass is 142 g/mol. The topological polar surface area (TPSA) is 26.3 Å². The minimum Gasteiger partial charge on any atom is -0.371 e. The molecule has 1 rings (SSSR count). The van der Waals surface area contributed by atoms with Crippen LogP contribution >= 0.6 is 0 Å². The number of carbonyl (C=O) groups excluding carboxylic acids is 1. The molecular formula is C8H14O2. The van der Waals surface area contributed by atoms with Crippen molar-refractivity contribution in [2.45, 2.75) is 32.8 Å². The summed E-state index contributed by atoms with van der Waals surface area (Å²) in [5.74, 6) is 0.468. The predicted molar refractivity (Wildman–Crippen MR) is 38.8 cm³/mol. The average Bonchev–Trinajstić information content (AvgIpc) is 2.04. The summed E-state index contributed by atoms with van der Waals surface area (Å²) in [5.41, 5.74) is 0. The van der Waals surface area contributed by atoms with Crippen LogP contribution < -0.4 is 0 Å². The van der Waals surface area contributed by atoms with E-state index in [0.717, 1.165) is 19.4 Å². The number of hydrogen-bond donors (Lipinski definition) is 0. The van der Waals surface area contributed by atoms with Gasteiger partial charge < -0.3 is 4.74 Å². The van der Waals surface area contributed by atoms with Gasteiger partial charge in [-0.25, -0.2) is 0 Å². The number of hydrogen-bond acceptors (Lipinski definition) is 2. The molecule has 0 spiro atoms. The minimum atomic E-state index is -0.169. The smallest absolute Gasteiger partial charge is 0.164 e. The second kappa shape index (κ2) is 3.15. The van der Waals surface area contributed by atoms with E-state index in [1.165, 1.54) is 0 Å². The van der Waals surface area contributed by atoms with Crippen molar-refractivity contribution in [3.8, 4) is 0 Å². The highest BCUT2D eigenvalue weighted by Crippen LogP contribution is 2.15. The van der Waals surface area contributed by atoms with Crippen molar-refractivity contribution in [1.29, 1.82) is 0 Å². The zero-order valence-corrected chi connectivity index (χ0v) is 6.59. The van der Waals surface area contributed by atoms with E-state index in [4.69, 9.17) is 4.74 Å². The first kappa shape index (κ1) is 7.73. The van der Waals surface area contributed by atoms with Crippen LogP contribution in [0.1, 0.15) is 26.7 Å². The van der Waals surface area contributed by atoms with Crippen molar-refractivity contribution in [3.63, 3.8) is 0 Å². The van der Waals surface area contributed by atoms with Gasteiger partial charge in [0, 0.05) is 12.5 Å². The van der Waals surface area contributed by atoms with Gasteiger partial charge >= 0.3 is 0 Å². The van der Waals surface area contributed by atoms with Crippen LogP contribution in [0.25, 0.3) is 0 Å². The molecule has 58 valence electrons. The molecule has 10 heavy (non-hydrogen) atoms. The van der Waals surface area contributed by atoms with Crippen molar-refractivity contribution >= 4 is 5.78 Å². The second-order valence-electron chi connectivity index (χ2n) is 2.96. The van der Waals surface area contributed by atoms with Crippen LogP contribution in [0.2, 0.25) is 0 Å². The van der Waals surface area contributed by atoms with Crippen molar-refractivity contribution < 1.29 is 9.53 Å². The largest absolute Gasteiger partial charge is 0.371 e. The summed E-state index contributed by atoms with van der Waals surface area (Å²) in [6.07, 6.45) is 1.85. The Labute approximate surface area is 61.6 Å². The Morgan fingerprint density at radius 1 is 1.50 bits per heavy atom. The van der Waals surface area contributed by atoms with Gasteiger partial charge in [0.25, 0.3) is 0 Å². The fraction of sp³-hybridized carbons (Fsp3) is 0.875. The van der Waals surface area contributed by atoms with Gasteiger partial charge in [-0.2, -0.15) is 0 Å². The molecule has 1 aliphatic heterocycles. The van der Waals surface area contributed by atoms with E-state index < -0.39 is 0 Å². The number of Topliss-reactive ketones (excluding diaryl/α,β-unsaturated/α-hetero) is 1. The van der Waals surface area contributed by atoms with E-state index >= 15 is 0 Å². The van der Waals surface area contributed by atoms with Crippen LogP contribution in [0.3, 0.4) is 0 Å². The summed E-state index contributed by atoms with van der Waals surface area (Å²) < 4.78 is 5.24.